The Labute approximate surface area is 211 Å². The van der Waals surface area contributed by atoms with Crippen LogP contribution in [0, 0.1) is 0 Å². The zero-order valence-electron chi connectivity index (χ0n) is 20.3. The van der Waals surface area contributed by atoms with E-state index in [1.165, 1.54) is 7.11 Å². The van der Waals surface area contributed by atoms with Crippen LogP contribution in [0.25, 0.3) is 11.1 Å². The molecule has 3 aromatic rings. The van der Waals surface area contributed by atoms with Crippen LogP contribution in [0.3, 0.4) is 0 Å². The van der Waals surface area contributed by atoms with Crippen LogP contribution in [0.2, 0.25) is 0 Å². The number of amides is 2. The molecular weight excluding hydrogens is 454 g/mol. The van der Waals surface area contributed by atoms with Gasteiger partial charge in [-0.15, -0.1) is 0 Å². The van der Waals surface area contributed by atoms with E-state index in [1.54, 1.807) is 4.90 Å². The summed E-state index contributed by atoms with van der Waals surface area (Å²) < 4.78 is 0. The molecule has 0 spiro atoms. The van der Waals surface area contributed by atoms with Crippen LogP contribution in [0.1, 0.15) is 41.3 Å². The Morgan fingerprint density at radius 1 is 1.00 bits per heavy atom. The summed E-state index contributed by atoms with van der Waals surface area (Å²) >= 11 is 0. The van der Waals surface area contributed by atoms with Crippen molar-refractivity contribution in [1.29, 1.82) is 0 Å². The number of carbonyl (C=O) groups excluding carboxylic acids is 2. The van der Waals surface area contributed by atoms with Crippen LogP contribution in [0.4, 0.5) is 0 Å². The van der Waals surface area contributed by atoms with Gasteiger partial charge in [-0.3, -0.25) is 9.59 Å². The molecule has 4 rings (SSSR count). The normalized spacial score (nSPS) is 17.1. The number of nitrogens with zero attached hydrogens (tertiary/aromatic N) is 2. The molecule has 1 aliphatic rings. The SMILES string of the molecule is CO/N=C1\CC(CCC(=O)NC[C@H](O)c2ccccc2)N(C(=O)c2ccc(-c3ccccc3)cc2)C1. The summed E-state index contributed by atoms with van der Waals surface area (Å²) in [5, 5.41) is 17.1. The van der Waals surface area contributed by atoms with Crippen molar-refractivity contribution >= 4 is 17.5 Å². The topological polar surface area (TPSA) is 91.2 Å². The second-order valence-corrected chi connectivity index (χ2v) is 8.84. The van der Waals surface area contributed by atoms with Crippen LogP contribution < -0.4 is 5.32 Å². The lowest BCUT2D eigenvalue weighted by Crippen LogP contribution is -2.37. The van der Waals surface area contributed by atoms with Crippen molar-refractivity contribution in [2.75, 3.05) is 20.2 Å². The average molecular weight is 486 g/mol. The average Bonchev–Trinajstić information content (AvgIpc) is 3.34. The molecule has 1 heterocycles. The molecule has 3 aromatic carbocycles. The van der Waals surface area contributed by atoms with Crippen LogP contribution in [0.15, 0.2) is 90.1 Å². The fourth-order valence-electron chi connectivity index (χ4n) is 4.45. The van der Waals surface area contributed by atoms with Crippen LogP contribution >= 0.6 is 0 Å². The largest absolute Gasteiger partial charge is 0.399 e. The van der Waals surface area contributed by atoms with Crippen molar-refractivity contribution in [3.63, 3.8) is 0 Å². The maximum absolute atomic E-state index is 13.4. The van der Waals surface area contributed by atoms with Crippen LogP contribution in [0.5, 0.6) is 0 Å². The molecule has 0 radical (unpaired) electrons. The molecule has 36 heavy (non-hydrogen) atoms. The third-order valence-corrected chi connectivity index (χ3v) is 6.37. The molecular formula is C29H31N3O4. The van der Waals surface area contributed by atoms with Crippen LogP contribution in [-0.2, 0) is 9.63 Å². The minimum Gasteiger partial charge on any atom is -0.399 e. The summed E-state index contributed by atoms with van der Waals surface area (Å²) in [6, 6.07) is 26.6. The van der Waals surface area contributed by atoms with E-state index < -0.39 is 6.10 Å². The summed E-state index contributed by atoms with van der Waals surface area (Å²) in [6.07, 6.45) is 0.521. The van der Waals surface area contributed by atoms with Gasteiger partial charge in [0.15, 0.2) is 0 Å². The number of aliphatic hydroxyl groups excluding tert-OH is 1. The molecule has 1 unspecified atom stereocenters. The van der Waals surface area contributed by atoms with Gasteiger partial charge < -0.3 is 20.2 Å². The molecule has 2 atom stereocenters. The van der Waals surface area contributed by atoms with Gasteiger partial charge in [-0.25, -0.2) is 0 Å². The number of hydrogen-bond donors (Lipinski definition) is 2. The molecule has 0 aliphatic carbocycles. The molecule has 1 fully saturated rings. The van der Waals surface area contributed by atoms with Gasteiger partial charge in [-0.2, -0.15) is 0 Å². The highest BCUT2D eigenvalue weighted by molar-refractivity contribution is 6.00. The zero-order valence-corrected chi connectivity index (χ0v) is 20.3. The lowest BCUT2D eigenvalue weighted by Gasteiger charge is -2.24. The highest BCUT2D eigenvalue weighted by Gasteiger charge is 2.34. The molecule has 0 bridgehead atoms. The van der Waals surface area contributed by atoms with E-state index in [0.717, 1.165) is 22.4 Å². The third-order valence-electron chi connectivity index (χ3n) is 6.37. The van der Waals surface area contributed by atoms with Crippen molar-refractivity contribution < 1.29 is 19.5 Å². The number of benzene rings is 3. The number of aliphatic hydroxyl groups is 1. The predicted molar refractivity (Wildman–Crippen MR) is 139 cm³/mol. The molecule has 7 heteroatoms. The molecule has 7 nitrogen and oxygen atoms in total. The Balaban J connectivity index is 1.37. The highest BCUT2D eigenvalue weighted by Crippen LogP contribution is 2.25. The Morgan fingerprint density at radius 3 is 2.31 bits per heavy atom. The van der Waals surface area contributed by atoms with Crippen molar-refractivity contribution in [1.82, 2.24) is 10.2 Å². The van der Waals surface area contributed by atoms with Crippen molar-refractivity contribution in [3.05, 3.63) is 96.1 Å². The Hall–Kier alpha value is -3.97. The number of rotatable bonds is 9. The highest BCUT2D eigenvalue weighted by atomic mass is 16.6. The summed E-state index contributed by atoms with van der Waals surface area (Å²) in [5.41, 5.74) is 4.25. The van der Waals surface area contributed by atoms with E-state index in [2.05, 4.69) is 10.5 Å². The van der Waals surface area contributed by atoms with Crippen molar-refractivity contribution in [2.24, 2.45) is 5.16 Å². The van der Waals surface area contributed by atoms with E-state index in [4.69, 9.17) is 4.84 Å². The zero-order chi connectivity index (χ0) is 25.3. The molecule has 2 amide bonds. The minimum absolute atomic E-state index is 0.0965. The summed E-state index contributed by atoms with van der Waals surface area (Å²) in [4.78, 5) is 32.6. The van der Waals surface area contributed by atoms with E-state index in [1.807, 2.05) is 84.9 Å². The monoisotopic (exact) mass is 485 g/mol. The van der Waals surface area contributed by atoms with E-state index in [-0.39, 0.29) is 30.8 Å². The summed E-state index contributed by atoms with van der Waals surface area (Å²) in [6.45, 7) is 0.506. The van der Waals surface area contributed by atoms with Gasteiger partial charge in [0.25, 0.3) is 5.91 Å². The van der Waals surface area contributed by atoms with Gasteiger partial charge in [-0.1, -0.05) is 78.0 Å². The molecule has 1 aliphatic heterocycles. The molecule has 2 N–H and O–H groups in total. The minimum atomic E-state index is -0.765. The second kappa shape index (κ2) is 12.1. The maximum Gasteiger partial charge on any atom is 0.254 e. The molecule has 1 saturated heterocycles. The summed E-state index contributed by atoms with van der Waals surface area (Å²) in [7, 11) is 1.49. The summed E-state index contributed by atoms with van der Waals surface area (Å²) in [5.74, 6) is -0.262. The first-order valence-corrected chi connectivity index (χ1v) is 12.1. The van der Waals surface area contributed by atoms with E-state index in [9.17, 15) is 14.7 Å². The first-order chi connectivity index (χ1) is 17.5. The number of carbonyl (C=O) groups is 2. The standard InChI is InChI=1S/C29H31N3O4/c1-36-31-25-18-26(16-17-28(34)30-19-27(33)23-10-6-3-7-11-23)32(20-25)29(35)24-14-12-22(13-15-24)21-8-4-2-5-9-21/h2-15,26-27,33H,16-20H2,1H3,(H,30,34)/b31-25+/t26?,27-/m0/s1. The molecule has 186 valence electrons. The Morgan fingerprint density at radius 2 is 1.64 bits per heavy atom. The first kappa shape index (κ1) is 25.1. The smallest absolute Gasteiger partial charge is 0.254 e. The van der Waals surface area contributed by atoms with Gasteiger partial charge in [0.2, 0.25) is 5.91 Å². The number of nitrogens with one attached hydrogen (secondary N) is 1. The molecule has 0 aromatic heterocycles. The fourth-order valence-corrected chi connectivity index (χ4v) is 4.45. The first-order valence-electron chi connectivity index (χ1n) is 12.1. The number of hydrogen-bond acceptors (Lipinski definition) is 5. The maximum atomic E-state index is 13.4. The third kappa shape index (κ3) is 6.37. The quantitative estimate of drug-likeness (QED) is 0.445. The fraction of sp³-hybridized carbons (Fsp3) is 0.276. The van der Waals surface area contributed by atoms with Gasteiger partial charge in [0, 0.05) is 31.0 Å². The second-order valence-electron chi connectivity index (χ2n) is 8.84. The lowest BCUT2D eigenvalue weighted by atomic mass is 10.0. The van der Waals surface area contributed by atoms with Gasteiger partial charge in [0.05, 0.1) is 18.4 Å². The lowest BCUT2D eigenvalue weighted by molar-refractivity contribution is -0.121. The van der Waals surface area contributed by atoms with E-state index >= 15 is 0 Å². The number of likely N-dealkylation sites (tertiary alicyclic amines) is 1. The predicted octanol–water partition coefficient (Wildman–Crippen LogP) is 4.20. The van der Waals surface area contributed by atoms with Gasteiger partial charge >= 0.3 is 0 Å². The van der Waals surface area contributed by atoms with Crippen LogP contribution in [-0.4, -0.2) is 53.8 Å². The Kier molecular flexibility index (Phi) is 8.47. The number of oxime groups is 1. The molecule has 0 saturated carbocycles. The van der Waals surface area contributed by atoms with Gasteiger partial charge in [-0.05, 0) is 35.2 Å². The Bertz CT molecular complexity index is 1180. The van der Waals surface area contributed by atoms with Gasteiger partial charge in [0.1, 0.15) is 7.11 Å². The van der Waals surface area contributed by atoms with Crippen molar-refractivity contribution in [2.45, 2.75) is 31.4 Å². The van der Waals surface area contributed by atoms with E-state index in [0.29, 0.717) is 24.9 Å². The van der Waals surface area contributed by atoms with Crippen molar-refractivity contribution in [3.8, 4) is 11.1 Å².